The van der Waals surface area contributed by atoms with Gasteiger partial charge >= 0.3 is 5.97 Å². The maximum Gasteiger partial charge on any atom is 0.328 e. The minimum Gasteiger partial charge on any atom is -0.480 e. The zero-order chi connectivity index (χ0) is 16.8. The summed E-state index contributed by atoms with van der Waals surface area (Å²) in [6.07, 6.45) is 0. The molecule has 0 heterocycles. The second-order valence-electron chi connectivity index (χ2n) is 4.49. The summed E-state index contributed by atoms with van der Waals surface area (Å²) >= 11 is 0. The number of benzene rings is 1. The molecule has 1 unspecified atom stereocenters. The molecule has 1 aromatic rings. The summed E-state index contributed by atoms with van der Waals surface area (Å²) in [5, 5.41) is 11.1. The van der Waals surface area contributed by atoms with Crippen LogP contribution in [-0.4, -0.2) is 63.1 Å². The number of carbonyl (C=O) groups excluding carboxylic acids is 1. The number of sulfonamides is 1. The molecule has 0 spiro atoms. The van der Waals surface area contributed by atoms with Crippen molar-refractivity contribution in [3.63, 3.8) is 0 Å². The monoisotopic (exact) mass is 330 g/mol. The highest BCUT2D eigenvalue weighted by molar-refractivity contribution is 7.89. The van der Waals surface area contributed by atoms with Gasteiger partial charge in [-0.3, -0.25) is 4.79 Å². The van der Waals surface area contributed by atoms with Gasteiger partial charge in [0, 0.05) is 14.2 Å². The number of nitrogens with zero attached hydrogens (tertiary/aromatic N) is 1. The topological polar surface area (TPSA) is 113 Å². The summed E-state index contributed by atoms with van der Waals surface area (Å²) in [6, 6.07) is 6.40. The highest BCUT2D eigenvalue weighted by atomic mass is 32.2. The van der Waals surface area contributed by atoms with Crippen molar-refractivity contribution >= 4 is 21.9 Å². The molecule has 8 nitrogen and oxygen atoms in total. The zero-order valence-electron chi connectivity index (χ0n) is 12.2. The second-order valence-corrected chi connectivity index (χ2v) is 6.53. The van der Waals surface area contributed by atoms with Crippen LogP contribution in [0.1, 0.15) is 0 Å². The molecule has 1 atom stereocenters. The molecular weight excluding hydrogens is 312 g/mol. The fraction of sp³-hybridized carbons (Fsp3) is 0.385. The Labute approximate surface area is 128 Å². The fourth-order valence-electron chi connectivity index (χ4n) is 1.64. The molecule has 0 aromatic heterocycles. The van der Waals surface area contributed by atoms with Crippen molar-refractivity contribution in [2.75, 3.05) is 27.3 Å². The van der Waals surface area contributed by atoms with Crippen molar-refractivity contribution in [1.29, 1.82) is 0 Å². The van der Waals surface area contributed by atoms with Gasteiger partial charge in [-0.05, 0) is 12.1 Å². The molecule has 22 heavy (non-hydrogen) atoms. The standard InChI is InChI=1S/C13H18N2O6S/c1-15(22(19,20)10-6-4-3-5-7-10)8-12(16)14-11(9-21-2)13(17)18/h3-7,11H,8-9H2,1-2H3,(H,14,16)(H,17,18). The number of methoxy groups -OCH3 is 1. The lowest BCUT2D eigenvalue weighted by atomic mass is 10.3. The Bertz CT molecular complexity index is 617. The summed E-state index contributed by atoms with van der Waals surface area (Å²) in [7, 11) is -1.26. The van der Waals surface area contributed by atoms with Crippen LogP contribution >= 0.6 is 0 Å². The Hall–Kier alpha value is -1.97. The molecule has 0 fully saturated rings. The molecular formula is C13H18N2O6S. The van der Waals surface area contributed by atoms with Crippen LogP contribution in [0.15, 0.2) is 35.2 Å². The number of amides is 1. The van der Waals surface area contributed by atoms with Gasteiger partial charge in [-0.15, -0.1) is 0 Å². The largest absolute Gasteiger partial charge is 0.480 e. The molecule has 1 aromatic carbocycles. The van der Waals surface area contributed by atoms with Crippen LogP contribution in [0.5, 0.6) is 0 Å². The molecule has 1 rings (SSSR count). The van der Waals surface area contributed by atoms with E-state index in [0.29, 0.717) is 0 Å². The molecule has 9 heteroatoms. The number of rotatable bonds is 8. The van der Waals surface area contributed by atoms with Crippen LogP contribution in [0.2, 0.25) is 0 Å². The van der Waals surface area contributed by atoms with E-state index in [1.54, 1.807) is 18.2 Å². The molecule has 0 aliphatic heterocycles. The van der Waals surface area contributed by atoms with Crippen LogP contribution < -0.4 is 5.32 Å². The van der Waals surface area contributed by atoms with Crippen LogP contribution in [0, 0.1) is 0 Å². The minimum absolute atomic E-state index is 0.0528. The lowest BCUT2D eigenvalue weighted by Gasteiger charge is -2.19. The first-order valence-corrected chi connectivity index (χ1v) is 7.75. The average Bonchev–Trinajstić information content (AvgIpc) is 2.47. The number of ether oxygens (including phenoxy) is 1. The van der Waals surface area contributed by atoms with Gasteiger partial charge in [0.25, 0.3) is 0 Å². The maximum absolute atomic E-state index is 12.2. The molecule has 2 N–H and O–H groups in total. The lowest BCUT2D eigenvalue weighted by Crippen LogP contribution is -2.47. The molecule has 0 saturated heterocycles. The van der Waals surface area contributed by atoms with Gasteiger partial charge < -0.3 is 15.2 Å². The van der Waals surface area contributed by atoms with Crippen molar-refractivity contribution < 1.29 is 27.9 Å². The zero-order valence-corrected chi connectivity index (χ0v) is 13.0. The van der Waals surface area contributed by atoms with Crippen molar-refractivity contribution in [1.82, 2.24) is 9.62 Å². The van der Waals surface area contributed by atoms with E-state index < -0.39 is 34.5 Å². The summed E-state index contributed by atoms with van der Waals surface area (Å²) < 4.78 is 30.0. The normalized spacial score (nSPS) is 12.9. The Balaban J connectivity index is 2.73. The molecule has 1 amide bonds. The van der Waals surface area contributed by atoms with Gasteiger partial charge in [0.15, 0.2) is 6.04 Å². The Morgan fingerprint density at radius 3 is 2.41 bits per heavy atom. The van der Waals surface area contributed by atoms with Gasteiger partial charge in [0.05, 0.1) is 18.0 Å². The van der Waals surface area contributed by atoms with Crippen molar-refractivity contribution in [3.05, 3.63) is 30.3 Å². The molecule has 0 radical (unpaired) electrons. The van der Waals surface area contributed by atoms with E-state index in [-0.39, 0.29) is 11.5 Å². The first kappa shape index (κ1) is 18.1. The van der Waals surface area contributed by atoms with Crippen LogP contribution in [-0.2, 0) is 24.3 Å². The van der Waals surface area contributed by atoms with Crippen molar-refractivity contribution in [3.8, 4) is 0 Å². The highest BCUT2D eigenvalue weighted by Crippen LogP contribution is 2.12. The summed E-state index contributed by atoms with van der Waals surface area (Å²) in [5.41, 5.74) is 0. The smallest absolute Gasteiger partial charge is 0.328 e. The van der Waals surface area contributed by atoms with E-state index >= 15 is 0 Å². The summed E-state index contributed by atoms with van der Waals surface area (Å²) in [4.78, 5) is 22.7. The van der Waals surface area contributed by atoms with Gasteiger partial charge in [-0.2, -0.15) is 4.31 Å². The molecule has 0 aliphatic carbocycles. The number of hydrogen-bond donors (Lipinski definition) is 2. The van der Waals surface area contributed by atoms with Crippen LogP contribution in [0.25, 0.3) is 0 Å². The molecule has 122 valence electrons. The number of carboxylic acids is 1. The third-order valence-electron chi connectivity index (χ3n) is 2.78. The second kappa shape index (κ2) is 7.87. The minimum atomic E-state index is -3.81. The number of carbonyl (C=O) groups is 2. The van der Waals surface area contributed by atoms with Gasteiger partial charge in [0.1, 0.15) is 0 Å². The third kappa shape index (κ3) is 4.79. The first-order valence-electron chi connectivity index (χ1n) is 6.31. The Morgan fingerprint density at radius 1 is 1.32 bits per heavy atom. The number of aliphatic carboxylic acids is 1. The van der Waals surface area contributed by atoms with Crippen molar-refractivity contribution in [2.24, 2.45) is 0 Å². The van der Waals surface area contributed by atoms with Crippen LogP contribution in [0.4, 0.5) is 0 Å². The van der Waals surface area contributed by atoms with E-state index in [2.05, 4.69) is 10.1 Å². The quantitative estimate of drug-likeness (QED) is 0.666. The van der Waals surface area contributed by atoms with E-state index in [1.165, 1.54) is 26.3 Å². The van der Waals surface area contributed by atoms with Crippen molar-refractivity contribution in [2.45, 2.75) is 10.9 Å². The summed E-state index contributed by atoms with van der Waals surface area (Å²) in [5.74, 6) is -1.99. The van der Waals surface area contributed by atoms with Crippen LogP contribution in [0.3, 0.4) is 0 Å². The molecule has 0 saturated carbocycles. The van der Waals surface area contributed by atoms with Gasteiger partial charge in [-0.25, -0.2) is 13.2 Å². The maximum atomic E-state index is 12.2. The van der Waals surface area contributed by atoms with Gasteiger partial charge in [0.2, 0.25) is 15.9 Å². The van der Waals surface area contributed by atoms with Gasteiger partial charge in [-0.1, -0.05) is 18.2 Å². The van der Waals surface area contributed by atoms with E-state index in [9.17, 15) is 18.0 Å². The highest BCUT2D eigenvalue weighted by Gasteiger charge is 2.25. The average molecular weight is 330 g/mol. The first-order chi connectivity index (χ1) is 10.3. The lowest BCUT2D eigenvalue weighted by molar-refractivity contribution is -0.143. The number of carboxylic acid groups (broad SMARTS) is 1. The Morgan fingerprint density at radius 2 is 1.91 bits per heavy atom. The van der Waals surface area contributed by atoms with E-state index in [0.717, 1.165) is 4.31 Å². The SMILES string of the molecule is COCC(NC(=O)CN(C)S(=O)(=O)c1ccccc1)C(=O)O. The molecule has 0 aliphatic rings. The molecule has 0 bridgehead atoms. The number of hydrogen-bond acceptors (Lipinski definition) is 5. The predicted octanol–water partition coefficient (Wildman–Crippen LogP) is -0.477. The number of likely N-dealkylation sites (N-methyl/N-ethyl adjacent to an activating group) is 1. The third-order valence-corrected chi connectivity index (χ3v) is 4.60. The predicted molar refractivity (Wildman–Crippen MR) is 77.7 cm³/mol. The fourth-order valence-corrected chi connectivity index (χ4v) is 2.79. The number of nitrogens with one attached hydrogen (secondary N) is 1. The summed E-state index contributed by atoms with van der Waals surface area (Å²) in [6.45, 7) is -0.707. The Kier molecular flexibility index (Phi) is 6.47. The van der Waals surface area contributed by atoms with E-state index in [4.69, 9.17) is 5.11 Å². The van der Waals surface area contributed by atoms with E-state index in [1.807, 2.05) is 0 Å².